The summed E-state index contributed by atoms with van der Waals surface area (Å²) in [6.07, 6.45) is 7.03. The lowest BCUT2D eigenvalue weighted by Crippen LogP contribution is -2.26. The van der Waals surface area contributed by atoms with E-state index < -0.39 is 27.9 Å². The molecule has 0 saturated carbocycles. The monoisotopic (exact) mass is 476 g/mol. The van der Waals surface area contributed by atoms with Crippen molar-refractivity contribution in [2.45, 2.75) is 81.1 Å². The third kappa shape index (κ3) is 8.53. The largest absolute Gasteiger partial charge is 0.479 e. The van der Waals surface area contributed by atoms with Crippen molar-refractivity contribution in [1.82, 2.24) is 0 Å². The second kappa shape index (κ2) is 13.0. The van der Waals surface area contributed by atoms with E-state index in [0.717, 1.165) is 25.7 Å². The molecule has 1 atom stereocenters. The van der Waals surface area contributed by atoms with E-state index >= 15 is 0 Å². The van der Waals surface area contributed by atoms with E-state index in [4.69, 9.17) is 9.47 Å². The summed E-state index contributed by atoms with van der Waals surface area (Å²) in [4.78, 5) is 22.7. The maximum Gasteiger partial charge on any atom is 0.344 e. The van der Waals surface area contributed by atoms with Gasteiger partial charge in [-0.2, -0.15) is 0 Å². The van der Waals surface area contributed by atoms with Gasteiger partial charge in [-0.1, -0.05) is 45.4 Å². The van der Waals surface area contributed by atoms with Crippen LogP contribution in [0.1, 0.15) is 65.2 Å². The molecule has 0 aliphatic rings. The Kier molecular flexibility index (Phi) is 10.4. The third-order valence-electron chi connectivity index (χ3n) is 5.15. The highest BCUT2D eigenvalue weighted by molar-refractivity contribution is 7.91. The van der Waals surface area contributed by atoms with Crippen LogP contribution in [0.3, 0.4) is 0 Å². The predicted molar refractivity (Wildman–Crippen MR) is 124 cm³/mol. The van der Waals surface area contributed by atoms with Crippen molar-refractivity contribution in [2.75, 3.05) is 0 Å². The summed E-state index contributed by atoms with van der Waals surface area (Å²) in [5.41, 5.74) is 0. The molecule has 0 spiro atoms. The van der Waals surface area contributed by atoms with Gasteiger partial charge in [0.2, 0.25) is 9.84 Å². The zero-order valence-electron chi connectivity index (χ0n) is 19.2. The van der Waals surface area contributed by atoms with Crippen LogP contribution in [0.15, 0.2) is 58.3 Å². The summed E-state index contributed by atoms with van der Waals surface area (Å²) in [5, 5.41) is 9.46. The normalized spacial score (nSPS) is 12.2. The van der Waals surface area contributed by atoms with E-state index in [0.29, 0.717) is 12.2 Å². The molecule has 33 heavy (non-hydrogen) atoms. The van der Waals surface area contributed by atoms with Crippen molar-refractivity contribution in [3.8, 4) is 11.5 Å². The van der Waals surface area contributed by atoms with Crippen molar-refractivity contribution in [3.63, 3.8) is 0 Å². The van der Waals surface area contributed by atoms with Gasteiger partial charge in [0.25, 0.3) is 0 Å². The van der Waals surface area contributed by atoms with Gasteiger partial charge in [0.05, 0.1) is 9.79 Å². The molecule has 180 valence electrons. The van der Waals surface area contributed by atoms with Crippen molar-refractivity contribution < 1.29 is 32.6 Å². The van der Waals surface area contributed by atoms with E-state index in [9.17, 15) is 23.1 Å². The Balaban J connectivity index is 1.96. The molecule has 0 aliphatic carbocycles. The Morgan fingerprint density at radius 3 is 1.79 bits per heavy atom. The van der Waals surface area contributed by atoms with E-state index in [1.54, 1.807) is 0 Å². The van der Waals surface area contributed by atoms with Crippen molar-refractivity contribution >= 4 is 21.8 Å². The van der Waals surface area contributed by atoms with Crippen LogP contribution in [0.2, 0.25) is 0 Å². The number of aliphatic carboxylic acids is 1. The summed E-state index contributed by atoms with van der Waals surface area (Å²) in [6, 6.07) is 11.2. The number of sulfone groups is 1. The fourth-order valence-electron chi connectivity index (χ4n) is 3.37. The maximum atomic E-state index is 12.8. The number of carboxylic acids is 1. The summed E-state index contributed by atoms with van der Waals surface area (Å²) in [6.45, 7) is 3.43. The highest BCUT2D eigenvalue weighted by atomic mass is 32.2. The lowest BCUT2D eigenvalue weighted by Gasteiger charge is -2.15. The van der Waals surface area contributed by atoms with Crippen LogP contribution < -0.4 is 9.47 Å². The average Bonchev–Trinajstić information content (AvgIpc) is 2.78. The molecule has 0 fully saturated rings. The minimum absolute atomic E-state index is 0.0500. The summed E-state index contributed by atoms with van der Waals surface area (Å²) >= 11 is 0. The predicted octanol–water partition coefficient (Wildman–Crippen LogP) is 5.42. The molecule has 0 radical (unpaired) electrons. The maximum absolute atomic E-state index is 12.8. The Hall–Kier alpha value is -2.87. The summed E-state index contributed by atoms with van der Waals surface area (Å²) < 4.78 is 36.2. The number of unbranched alkanes of at least 4 members (excludes halogenated alkanes) is 6. The van der Waals surface area contributed by atoms with Crippen LogP contribution in [0, 0.1) is 0 Å². The molecule has 0 bridgehead atoms. The van der Waals surface area contributed by atoms with E-state index in [1.165, 1.54) is 74.7 Å². The molecule has 0 saturated heterocycles. The first-order chi connectivity index (χ1) is 15.7. The topological polar surface area (TPSA) is 107 Å². The number of carboxylic acid groups (broad SMARTS) is 1. The number of ether oxygens (including phenoxy) is 2. The van der Waals surface area contributed by atoms with E-state index in [1.807, 2.05) is 0 Å². The van der Waals surface area contributed by atoms with Gasteiger partial charge in [-0.25, -0.2) is 13.2 Å². The minimum Gasteiger partial charge on any atom is -0.479 e. The highest BCUT2D eigenvalue weighted by Gasteiger charge is 2.21. The average molecular weight is 477 g/mol. The van der Waals surface area contributed by atoms with Crippen LogP contribution in [0.4, 0.5) is 0 Å². The van der Waals surface area contributed by atoms with Gasteiger partial charge in [0.1, 0.15) is 11.5 Å². The second-order valence-electron chi connectivity index (χ2n) is 7.89. The zero-order chi connectivity index (χ0) is 24.3. The van der Waals surface area contributed by atoms with Gasteiger partial charge < -0.3 is 14.6 Å². The zero-order valence-corrected chi connectivity index (χ0v) is 20.0. The van der Waals surface area contributed by atoms with Gasteiger partial charge in [0, 0.05) is 6.92 Å². The van der Waals surface area contributed by atoms with Crippen LogP contribution in [0.5, 0.6) is 11.5 Å². The smallest absolute Gasteiger partial charge is 0.344 e. The van der Waals surface area contributed by atoms with Gasteiger partial charge in [-0.05, 0) is 61.4 Å². The fourth-order valence-corrected chi connectivity index (χ4v) is 4.63. The van der Waals surface area contributed by atoms with Crippen molar-refractivity contribution in [2.24, 2.45) is 0 Å². The SMILES string of the molecule is CCCCCCCCCC(Oc1ccc(S(=O)(=O)c2ccc(OC(C)=O)cc2)cc1)C(=O)O. The van der Waals surface area contributed by atoms with Crippen LogP contribution >= 0.6 is 0 Å². The molecule has 0 amide bonds. The van der Waals surface area contributed by atoms with Gasteiger partial charge >= 0.3 is 11.9 Å². The molecule has 0 aromatic heterocycles. The highest BCUT2D eigenvalue weighted by Crippen LogP contribution is 2.26. The molecule has 2 aromatic carbocycles. The molecule has 1 unspecified atom stereocenters. The Labute approximate surface area is 195 Å². The number of benzene rings is 2. The molecular formula is C25H32O7S. The van der Waals surface area contributed by atoms with Gasteiger partial charge in [0.15, 0.2) is 6.10 Å². The molecule has 2 rings (SSSR count). The first-order valence-electron chi connectivity index (χ1n) is 11.3. The molecule has 2 aromatic rings. The summed E-state index contributed by atoms with van der Waals surface area (Å²) in [5.74, 6) is -0.973. The van der Waals surface area contributed by atoms with Crippen LogP contribution in [-0.4, -0.2) is 31.6 Å². The number of esters is 1. The first kappa shape index (κ1) is 26.4. The van der Waals surface area contributed by atoms with Crippen LogP contribution in [0.25, 0.3) is 0 Å². The number of hydrogen-bond acceptors (Lipinski definition) is 6. The lowest BCUT2D eigenvalue weighted by atomic mass is 10.1. The summed E-state index contributed by atoms with van der Waals surface area (Å²) in [7, 11) is -3.79. The van der Waals surface area contributed by atoms with Crippen molar-refractivity contribution in [3.05, 3.63) is 48.5 Å². The van der Waals surface area contributed by atoms with E-state index in [2.05, 4.69) is 6.92 Å². The molecule has 7 nitrogen and oxygen atoms in total. The van der Waals surface area contributed by atoms with Crippen molar-refractivity contribution in [1.29, 1.82) is 0 Å². The molecule has 0 aliphatic heterocycles. The Morgan fingerprint density at radius 2 is 1.30 bits per heavy atom. The second-order valence-corrected chi connectivity index (χ2v) is 9.84. The van der Waals surface area contributed by atoms with Gasteiger partial charge in [-0.3, -0.25) is 4.79 Å². The lowest BCUT2D eigenvalue weighted by molar-refractivity contribution is -0.145. The Bertz CT molecular complexity index is 996. The quantitative estimate of drug-likeness (QED) is 0.220. The van der Waals surface area contributed by atoms with Gasteiger partial charge in [-0.15, -0.1) is 0 Å². The molecule has 8 heteroatoms. The number of rotatable bonds is 14. The number of hydrogen-bond donors (Lipinski definition) is 1. The third-order valence-corrected chi connectivity index (χ3v) is 6.94. The van der Waals surface area contributed by atoms with Crippen LogP contribution in [-0.2, 0) is 19.4 Å². The fraction of sp³-hybridized carbons (Fsp3) is 0.440. The molecule has 1 N–H and O–H groups in total. The minimum atomic E-state index is -3.79. The Morgan fingerprint density at radius 1 is 0.818 bits per heavy atom. The van der Waals surface area contributed by atoms with E-state index in [-0.39, 0.29) is 15.5 Å². The number of carbonyl (C=O) groups is 2. The number of carbonyl (C=O) groups excluding carboxylic acids is 1. The standard InChI is InChI=1S/C25H32O7S/c1-3-4-5-6-7-8-9-10-24(25(27)28)32-21-13-17-23(18-14-21)33(29,30)22-15-11-20(12-16-22)31-19(2)26/h11-18,24H,3-10H2,1-2H3,(H,27,28). The molecular weight excluding hydrogens is 444 g/mol. The molecule has 0 heterocycles. The first-order valence-corrected chi connectivity index (χ1v) is 12.8.